The number of benzene rings is 1. The van der Waals surface area contributed by atoms with Crippen LogP contribution in [0.4, 0.5) is 0 Å². The molecule has 1 unspecified atom stereocenters. The molecule has 16 heavy (non-hydrogen) atoms. The Morgan fingerprint density at radius 1 is 1.19 bits per heavy atom. The van der Waals surface area contributed by atoms with E-state index in [4.69, 9.17) is 19.3 Å². The van der Waals surface area contributed by atoms with Gasteiger partial charge >= 0.3 is 0 Å². The van der Waals surface area contributed by atoms with Crippen molar-refractivity contribution in [3.8, 4) is 17.2 Å². The largest absolute Gasteiger partial charge is 0.497 e. The Morgan fingerprint density at radius 2 is 1.94 bits per heavy atom. The molecule has 0 amide bonds. The lowest BCUT2D eigenvalue weighted by molar-refractivity contribution is 0.154. The van der Waals surface area contributed by atoms with Crippen molar-refractivity contribution in [1.29, 1.82) is 0 Å². The van der Waals surface area contributed by atoms with Gasteiger partial charge in [0.25, 0.3) is 0 Å². The molecule has 0 saturated carbocycles. The summed E-state index contributed by atoms with van der Waals surface area (Å²) in [6.45, 7) is 2.17. The Morgan fingerprint density at radius 3 is 2.50 bits per heavy atom. The van der Waals surface area contributed by atoms with Crippen LogP contribution in [-0.4, -0.2) is 32.0 Å². The lowest BCUT2D eigenvalue weighted by Crippen LogP contribution is -2.08. The highest BCUT2D eigenvalue weighted by Gasteiger charge is 2.06. The van der Waals surface area contributed by atoms with Gasteiger partial charge in [0.15, 0.2) is 11.5 Å². The number of methoxy groups -OCH3 is 2. The first-order valence-corrected chi connectivity index (χ1v) is 5.20. The smallest absolute Gasteiger partial charge is 0.164 e. The normalized spacial score (nSPS) is 12.0. The lowest BCUT2D eigenvalue weighted by atomic mass is 10.3. The van der Waals surface area contributed by atoms with E-state index < -0.39 is 0 Å². The van der Waals surface area contributed by atoms with Crippen molar-refractivity contribution >= 4 is 0 Å². The van der Waals surface area contributed by atoms with E-state index in [2.05, 4.69) is 0 Å². The third-order valence-electron chi connectivity index (χ3n) is 2.16. The van der Waals surface area contributed by atoms with Crippen molar-refractivity contribution in [2.45, 2.75) is 19.4 Å². The molecule has 0 aromatic heterocycles. The van der Waals surface area contributed by atoms with Crippen molar-refractivity contribution in [3.05, 3.63) is 18.2 Å². The van der Waals surface area contributed by atoms with Gasteiger partial charge in [0, 0.05) is 12.5 Å². The summed E-state index contributed by atoms with van der Waals surface area (Å²) in [5.74, 6) is 2.00. The zero-order valence-electron chi connectivity index (χ0n) is 9.90. The minimum Gasteiger partial charge on any atom is -0.497 e. The lowest BCUT2D eigenvalue weighted by Gasteiger charge is -2.12. The molecule has 0 aliphatic rings. The van der Waals surface area contributed by atoms with E-state index in [1.54, 1.807) is 39.3 Å². The van der Waals surface area contributed by atoms with Crippen LogP contribution in [0.3, 0.4) is 0 Å². The van der Waals surface area contributed by atoms with Crippen LogP contribution in [0.1, 0.15) is 13.3 Å². The molecule has 1 aromatic rings. The second kappa shape index (κ2) is 6.23. The maximum Gasteiger partial charge on any atom is 0.164 e. The van der Waals surface area contributed by atoms with Crippen LogP contribution in [0.2, 0.25) is 0 Å². The van der Waals surface area contributed by atoms with Gasteiger partial charge in [-0.3, -0.25) is 0 Å². The van der Waals surface area contributed by atoms with Gasteiger partial charge in [-0.15, -0.1) is 0 Å². The highest BCUT2D eigenvalue weighted by Crippen LogP contribution is 2.31. The van der Waals surface area contributed by atoms with Crippen LogP contribution in [0.15, 0.2) is 18.2 Å². The Labute approximate surface area is 95.8 Å². The van der Waals surface area contributed by atoms with Crippen molar-refractivity contribution in [2.75, 3.05) is 20.8 Å². The Balaban J connectivity index is 2.67. The van der Waals surface area contributed by atoms with Gasteiger partial charge in [0.2, 0.25) is 0 Å². The summed E-state index contributed by atoms with van der Waals surface area (Å²) in [6, 6.07) is 5.36. The zero-order valence-corrected chi connectivity index (χ0v) is 9.90. The van der Waals surface area contributed by atoms with E-state index in [0.29, 0.717) is 30.3 Å². The molecule has 0 fully saturated rings. The van der Waals surface area contributed by atoms with Crippen LogP contribution in [0.25, 0.3) is 0 Å². The van der Waals surface area contributed by atoms with Crippen molar-refractivity contribution in [2.24, 2.45) is 0 Å². The predicted molar refractivity (Wildman–Crippen MR) is 61.3 cm³/mol. The van der Waals surface area contributed by atoms with Crippen molar-refractivity contribution in [1.82, 2.24) is 0 Å². The van der Waals surface area contributed by atoms with Crippen LogP contribution in [0.5, 0.6) is 17.2 Å². The predicted octanol–water partition coefficient (Wildman–Crippen LogP) is 1.85. The number of aliphatic hydroxyl groups is 1. The molecule has 0 aliphatic carbocycles. The first-order chi connectivity index (χ1) is 7.67. The molecule has 0 saturated heterocycles. The van der Waals surface area contributed by atoms with E-state index in [0.717, 1.165) is 0 Å². The Kier molecular flexibility index (Phi) is 4.92. The highest BCUT2D eigenvalue weighted by atomic mass is 16.5. The maximum absolute atomic E-state index is 9.12. The molecule has 90 valence electrons. The monoisotopic (exact) mass is 226 g/mol. The van der Waals surface area contributed by atoms with Crippen molar-refractivity contribution < 1.29 is 19.3 Å². The van der Waals surface area contributed by atoms with Gasteiger partial charge < -0.3 is 19.3 Å². The summed E-state index contributed by atoms with van der Waals surface area (Å²) in [6.07, 6.45) is 0.219. The number of rotatable bonds is 6. The Bertz CT molecular complexity index is 323. The minimum atomic E-state index is -0.364. The minimum absolute atomic E-state index is 0.364. The molecule has 0 heterocycles. The molecule has 4 nitrogen and oxygen atoms in total. The average molecular weight is 226 g/mol. The van der Waals surface area contributed by atoms with Gasteiger partial charge in [0.05, 0.1) is 26.9 Å². The van der Waals surface area contributed by atoms with Gasteiger partial charge in [-0.05, 0) is 19.1 Å². The summed E-state index contributed by atoms with van der Waals surface area (Å²) >= 11 is 0. The molecule has 1 N–H and O–H groups in total. The highest BCUT2D eigenvalue weighted by molar-refractivity contribution is 5.45. The first kappa shape index (κ1) is 12.6. The van der Waals surface area contributed by atoms with E-state index in [-0.39, 0.29) is 6.10 Å². The van der Waals surface area contributed by atoms with Crippen LogP contribution < -0.4 is 14.2 Å². The second-order valence-electron chi connectivity index (χ2n) is 3.50. The van der Waals surface area contributed by atoms with Crippen molar-refractivity contribution in [3.63, 3.8) is 0 Å². The number of ether oxygens (including phenoxy) is 3. The molecule has 0 bridgehead atoms. The topological polar surface area (TPSA) is 47.9 Å². The Hall–Kier alpha value is -1.42. The van der Waals surface area contributed by atoms with E-state index in [1.807, 2.05) is 0 Å². The molecule has 4 heteroatoms. The summed E-state index contributed by atoms with van der Waals surface area (Å²) in [7, 11) is 3.19. The third-order valence-corrected chi connectivity index (χ3v) is 2.16. The van der Waals surface area contributed by atoms with E-state index in [9.17, 15) is 0 Å². The molecule has 0 aliphatic heterocycles. The average Bonchev–Trinajstić information content (AvgIpc) is 2.28. The molecular formula is C12H18O4. The fourth-order valence-corrected chi connectivity index (χ4v) is 1.24. The van der Waals surface area contributed by atoms with Gasteiger partial charge in [0.1, 0.15) is 5.75 Å². The molecular weight excluding hydrogens is 208 g/mol. The van der Waals surface area contributed by atoms with Crippen LogP contribution in [-0.2, 0) is 0 Å². The number of hydrogen-bond acceptors (Lipinski definition) is 4. The summed E-state index contributed by atoms with van der Waals surface area (Å²) in [4.78, 5) is 0. The molecule has 0 radical (unpaired) electrons. The molecule has 1 aromatic carbocycles. The summed E-state index contributed by atoms with van der Waals surface area (Å²) < 4.78 is 15.8. The van der Waals surface area contributed by atoms with E-state index >= 15 is 0 Å². The summed E-state index contributed by atoms with van der Waals surface area (Å²) in [5.41, 5.74) is 0. The standard InChI is InChI=1S/C12H18O4/c1-9(13)6-7-16-12-8-10(14-2)4-5-11(12)15-3/h4-5,8-9,13H,6-7H2,1-3H3. The third kappa shape index (κ3) is 3.62. The van der Waals surface area contributed by atoms with Gasteiger partial charge in [-0.2, -0.15) is 0 Å². The number of hydrogen-bond donors (Lipinski definition) is 1. The fourth-order valence-electron chi connectivity index (χ4n) is 1.24. The van der Waals surface area contributed by atoms with Gasteiger partial charge in [-0.1, -0.05) is 0 Å². The quantitative estimate of drug-likeness (QED) is 0.804. The summed E-state index contributed by atoms with van der Waals surface area (Å²) in [5, 5.41) is 9.12. The zero-order chi connectivity index (χ0) is 12.0. The van der Waals surface area contributed by atoms with Crippen LogP contribution in [0, 0.1) is 0 Å². The first-order valence-electron chi connectivity index (χ1n) is 5.20. The fraction of sp³-hybridized carbons (Fsp3) is 0.500. The van der Waals surface area contributed by atoms with E-state index in [1.165, 1.54) is 0 Å². The SMILES string of the molecule is COc1ccc(OC)c(OCCC(C)O)c1. The molecule has 1 rings (SSSR count). The molecule has 1 atom stereocenters. The maximum atomic E-state index is 9.12. The van der Waals surface area contributed by atoms with Crippen LogP contribution >= 0.6 is 0 Å². The molecule has 0 spiro atoms. The van der Waals surface area contributed by atoms with Gasteiger partial charge in [-0.25, -0.2) is 0 Å². The number of aliphatic hydroxyl groups excluding tert-OH is 1. The second-order valence-corrected chi connectivity index (χ2v) is 3.50.